The molecule has 0 atom stereocenters. The van der Waals surface area contributed by atoms with Crippen LogP contribution in [0.2, 0.25) is 0 Å². The fourth-order valence-electron chi connectivity index (χ4n) is 3.55. The quantitative estimate of drug-likeness (QED) is 0.182. The van der Waals surface area contributed by atoms with Gasteiger partial charge in [-0.2, -0.15) is 0 Å². The highest BCUT2D eigenvalue weighted by Gasteiger charge is 2.28. The number of carbonyl (C=O) groups is 2. The monoisotopic (exact) mass is 521 g/mol. The smallest absolute Gasteiger partial charge is 0.396 e. The van der Waals surface area contributed by atoms with Gasteiger partial charge in [0, 0.05) is 18.5 Å². The largest absolute Gasteiger partial charge is 0.494 e. The molecule has 0 heterocycles. The van der Waals surface area contributed by atoms with Crippen molar-refractivity contribution in [3.8, 4) is 11.5 Å². The Hall–Kier alpha value is -2.71. The second-order valence-corrected chi connectivity index (χ2v) is 9.97. The lowest BCUT2D eigenvalue weighted by Gasteiger charge is -2.14. The molecule has 10 heteroatoms. The number of hydrogen-bond acceptors (Lipinski definition) is 6. The lowest BCUT2D eigenvalue weighted by Crippen LogP contribution is -2.31. The second kappa shape index (κ2) is 15.4. The van der Waals surface area contributed by atoms with Crippen LogP contribution in [0.25, 0.3) is 0 Å². The van der Waals surface area contributed by atoms with E-state index >= 15 is 0 Å². The van der Waals surface area contributed by atoms with Crippen molar-refractivity contribution in [3.63, 3.8) is 0 Å². The van der Waals surface area contributed by atoms with Crippen molar-refractivity contribution in [2.45, 2.75) is 51.9 Å². The van der Waals surface area contributed by atoms with Crippen LogP contribution >= 0.6 is 7.60 Å². The van der Waals surface area contributed by atoms with Crippen LogP contribution in [0.15, 0.2) is 42.5 Å². The lowest BCUT2D eigenvalue weighted by molar-refractivity contribution is -0.123. The standard InChI is InChI=1S/C26H36NO8P/c1-2-3-4-5-6-7-16-34-23-11-8-20(9-12-23)17-22-18-21(26(30)36(31,32)33)10-13-24(22)35-19-25(29)27-14-15-28/h8-13,18,28H,2-7,14-17,19H2,1H3,(H,27,29)(H2,31,32,33). The SMILES string of the molecule is CCCCCCCCOc1ccc(Cc2cc(C(=O)P(=O)(O)O)ccc2OCC(=O)NCCO)cc1. The molecule has 0 aliphatic rings. The number of hydrogen-bond donors (Lipinski definition) is 4. The third-order valence-corrected chi connectivity index (χ3v) is 6.24. The molecule has 0 radical (unpaired) electrons. The molecular formula is C26H36NO8P. The zero-order chi connectivity index (χ0) is 26.4. The summed E-state index contributed by atoms with van der Waals surface area (Å²) in [6.07, 6.45) is 7.40. The Labute approximate surface area is 212 Å². The summed E-state index contributed by atoms with van der Waals surface area (Å²) in [6.45, 7) is 2.42. The molecule has 0 bridgehead atoms. The fourth-order valence-corrected chi connectivity index (χ4v) is 4.02. The van der Waals surface area contributed by atoms with E-state index in [0.29, 0.717) is 24.3 Å². The number of nitrogens with one attached hydrogen (secondary N) is 1. The normalized spacial score (nSPS) is 11.2. The van der Waals surface area contributed by atoms with Crippen LogP contribution < -0.4 is 14.8 Å². The van der Waals surface area contributed by atoms with Crippen LogP contribution in [0.4, 0.5) is 0 Å². The summed E-state index contributed by atoms with van der Waals surface area (Å²) in [5, 5.41) is 11.3. The van der Waals surface area contributed by atoms with Gasteiger partial charge in [0.2, 0.25) is 0 Å². The molecule has 0 aliphatic heterocycles. The topological polar surface area (TPSA) is 142 Å². The Bertz CT molecular complexity index is 1020. The van der Waals surface area contributed by atoms with E-state index in [0.717, 1.165) is 24.2 Å². The third kappa shape index (κ3) is 10.5. The summed E-state index contributed by atoms with van der Waals surface area (Å²) in [5.74, 6) is 0.617. The minimum Gasteiger partial charge on any atom is -0.494 e. The van der Waals surface area contributed by atoms with Crippen molar-refractivity contribution in [2.24, 2.45) is 0 Å². The lowest BCUT2D eigenvalue weighted by atomic mass is 10.0. The van der Waals surface area contributed by atoms with E-state index in [1.165, 1.54) is 43.9 Å². The maximum Gasteiger partial charge on any atom is 0.396 e. The molecule has 0 unspecified atom stereocenters. The first-order chi connectivity index (χ1) is 17.2. The Morgan fingerprint density at radius 1 is 0.944 bits per heavy atom. The second-order valence-electron chi connectivity index (χ2n) is 8.47. The van der Waals surface area contributed by atoms with Gasteiger partial charge < -0.3 is 29.7 Å². The minimum atomic E-state index is -4.95. The zero-order valence-corrected chi connectivity index (χ0v) is 21.5. The predicted molar refractivity (Wildman–Crippen MR) is 137 cm³/mol. The Morgan fingerprint density at radius 2 is 1.64 bits per heavy atom. The molecule has 2 aromatic carbocycles. The molecule has 0 spiro atoms. The van der Waals surface area contributed by atoms with Gasteiger partial charge in [-0.25, -0.2) is 0 Å². The molecule has 2 rings (SSSR count). The van der Waals surface area contributed by atoms with E-state index in [9.17, 15) is 23.9 Å². The Morgan fingerprint density at radius 3 is 2.31 bits per heavy atom. The molecule has 198 valence electrons. The van der Waals surface area contributed by atoms with Gasteiger partial charge in [-0.15, -0.1) is 0 Å². The first kappa shape index (κ1) is 29.5. The highest BCUT2D eigenvalue weighted by molar-refractivity contribution is 7.70. The van der Waals surface area contributed by atoms with E-state index in [-0.39, 0.29) is 25.3 Å². The number of aliphatic hydroxyl groups excluding tert-OH is 1. The van der Waals surface area contributed by atoms with Gasteiger partial charge >= 0.3 is 7.60 Å². The summed E-state index contributed by atoms with van der Waals surface area (Å²) in [7, 11) is -4.95. The van der Waals surface area contributed by atoms with Gasteiger partial charge in [-0.1, -0.05) is 51.2 Å². The average molecular weight is 522 g/mol. The van der Waals surface area contributed by atoms with Gasteiger partial charge in [0.15, 0.2) is 6.61 Å². The summed E-state index contributed by atoms with van der Waals surface area (Å²) in [4.78, 5) is 42.5. The van der Waals surface area contributed by atoms with Crippen molar-refractivity contribution < 1.29 is 38.5 Å². The third-order valence-electron chi connectivity index (χ3n) is 5.45. The summed E-state index contributed by atoms with van der Waals surface area (Å²) < 4.78 is 22.8. The molecule has 36 heavy (non-hydrogen) atoms. The number of rotatable bonds is 17. The van der Waals surface area contributed by atoms with Crippen LogP contribution in [-0.4, -0.2) is 52.7 Å². The number of carbonyl (C=O) groups excluding carboxylic acids is 2. The van der Waals surface area contributed by atoms with E-state index < -0.39 is 19.0 Å². The Kier molecular flexibility index (Phi) is 12.6. The number of aliphatic hydroxyl groups is 1. The predicted octanol–water partition coefficient (Wildman–Crippen LogP) is 3.82. The molecule has 1 amide bonds. The highest BCUT2D eigenvalue weighted by atomic mass is 31.2. The van der Waals surface area contributed by atoms with Crippen molar-refractivity contribution in [2.75, 3.05) is 26.4 Å². The number of ether oxygens (including phenoxy) is 2. The molecular weight excluding hydrogens is 485 g/mol. The first-order valence-electron chi connectivity index (χ1n) is 12.2. The molecule has 0 saturated carbocycles. The van der Waals surface area contributed by atoms with Crippen molar-refractivity contribution in [1.82, 2.24) is 5.32 Å². The van der Waals surface area contributed by atoms with Gasteiger partial charge in [0.25, 0.3) is 11.4 Å². The van der Waals surface area contributed by atoms with E-state index in [2.05, 4.69) is 12.2 Å². The van der Waals surface area contributed by atoms with Gasteiger partial charge in [-0.3, -0.25) is 14.2 Å². The maximum atomic E-state index is 12.1. The highest BCUT2D eigenvalue weighted by Crippen LogP contribution is 2.40. The van der Waals surface area contributed by atoms with Crippen LogP contribution in [0.5, 0.6) is 11.5 Å². The number of benzene rings is 2. The molecule has 0 fully saturated rings. The summed E-state index contributed by atoms with van der Waals surface area (Å²) in [6, 6.07) is 11.5. The van der Waals surface area contributed by atoms with Crippen LogP contribution in [-0.2, 0) is 15.8 Å². The van der Waals surface area contributed by atoms with E-state index in [4.69, 9.17) is 14.6 Å². The molecule has 0 aromatic heterocycles. The van der Waals surface area contributed by atoms with Crippen molar-refractivity contribution >= 4 is 19.0 Å². The molecule has 4 N–H and O–H groups in total. The Balaban J connectivity index is 2.06. The molecule has 9 nitrogen and oxygen atoms in total. The maximum absolute atomic E-state index is 12.1. The van der Waals surface area contributed by atoms with Crippen LogP contribution in [0.3, 0.4) is 0 Å². The zero-order valence-electron chi connectivity index (χ0n) is 20.6. The van der Waals surface area contributed by atoms with Gasteiger partial charge in [0.1, 0.15) is 11.5 Å². The molecule has 0 aliphatic carbocycles. The number of amides is 1. The van der Waals surface area contributed by atoms with Crippen LogP contribution in [0, 0.1) is 0 Å². The van der Waals surface area contributed by atoms with E-state index in [1.54, 1.807) is 0 Å². The average Bonchev–Trinajstić information content (AvgIpc) is 2.86. The van der Waals surface area contributed by atoms with Gasteiger partial charge in [-0.05, 0) is 47.9 Å². The molecule has 0 saturated heterocycles. The molecule has 2 aromatic rings. The van der Waals surface area contributed by atoms with Gasteiger partial charge in [0.05, 0.1) is 13.2 Å². The number of unbranched alkanes of at least 4 members (excludes halogenated alkanes) is 5. The van der Waals surface area contributed by atoms with Crippen molar-refractivity contribution in [3.05, 3.63) is 59.2 Å². The fraction of sp³-hybridized carbons (Fsp3) is 0.462. The van der Waals surface area contributed by atoms with Crippen LogP contribution in [0.1, 0.15) is 66.9 Å². The first-order valence-corrected chi connectivity index (χ1v) is 13.8. The van der Waals surface area contributed by atoms with Crippen molar-refractivity contribution in [1.29, 1.82) is 0 Å². The van der Waals surface area contributed by atoms with E-state index in [1.807, 2.05) is 24.3 Å². The minimum absolute atomic E-state index is 0.0953. The summed E-state index contributed by atoms with van der Waals surface area (Å²) >= 11 is 0. The summed E-state index contributed by atoms with van der Waals surface area (Å²) in [5.41, 5.74) is -0.0778.